The van der Waals surface area contributed by atoms with Crippen molar-refractivity contribution in [1.29, 1.82) is 0 Å². The van der Waals surface area contributed by atoms with Crippen LogP contribution < -0.4 is 0 Å². The highest BCUT2D eigenvalue weighted by atomic mass is 31.2. The van der Waals surface area contributed by atoms with Gasteiger partial charge in [-0.1, -0.05) is 102 Å². The molecule has 0 spiro atoms. The molecule has 0 heterocycles. The Labute approximate surface area is 252 Å². The van der Waals surface area contributed by atoms with Crippen LogP contribution in [0, 0.1) is 23.7 Å². The van der Waals surface area contributed by atoms with Gasteiger partial charge in [0.2, 0.25) is 0 Å². The van der Waals surface area contributed by atoms with E-state index in [-0.39, 0.29) is 12.3 Å². The topological polar surface area (TPSA) is 121 Å². The van der Waals surface area contributed by atoms with Gasteiger partial charge in [-0.3, -0.25) is 0 Å². The molecule has 0 aliphatic carbocycles. The Bertz CT molecular complexity index is 1020. The Kier molecular flexibility index (Phi) is 23.9. The van der Waals surface area contributed by atoms with Gasteiger partial charge in [0.05, 0.1) is 25.9 Å². The Morgan fingerprint density at radius 3 is 1.07 bits per heavy atom. The van der Waals surface area contributed by atoms with Gasteiger partial charge in [-0.25, -0.2) is 0 Å². The van der Waals surface area contributed by atoms with Gasteiger partial charge in [-0.05, 0) is 48.1 Å². The molecule has 0 aliphatic rings. The summed E-state index contributed by atoms with van der Waals surface area (Å²) in [4.78, 5) is 32.5. The molecule has 0 radical (unpaired) electrons. The van der Waals surface area contributed by atoms with Gasteiger partial charge >= 0.3 is 12.3 Å². The largest absolute Gasteiger partial charge is 0.373 e. The van der Waals surface area contributed by atoms with Crippen LogP contribution in [-0.4, -0.2) is 50.7 Å². The van der Waals surface area contributed by atoms with Crippen LogP contribution in [0.3, 0.4) is 0 Å². The summed E-state index contributed by atoms with van der Waals surface area (Å²) in [5.74, 6) is 2.13. The number of carbonyl (C=O) groups excluding carboxylic acids is 4. The molecule has 0 aromatic heterocycles. The lowest BCUT2D eigenvalue weighted by Crippen LogP contribution is -2.11. The van der Waals surface area contributed by atoms with E-state index in [0.29, 0.717) is 49.6 Å². The van der Waals surface area contributed by atoms with Gasteiger partial charge in [-0.15, -0.1) is 0 Å². The third-order valence-electron chi connectivity index (χ3n) is 6.58. The minimum absolute atomic E-state index is 0.250. The molecular weight excluding hydrogens is 574 g/mol. The van der Waals surface area contributed by atoms with Gasteiger partial charge < -0.3 is 18.6 Å². The van der Waals surface area contributed by atoms with Crippen molar-refractivity contribution < 1.29 is 37.8 Å². The minimum Gasteiger partial charge on any atom is -0.369 e. The zero-order valence-electron chi connectivity index (χ0n) is 26.5. The Hall–Kier alpha value is -2.42. The number of benzene rings is 2. The molecule has 0 saturated heterocycles. The molecule has 0 aliphatic heterocycles. The third-order valence-corrected chi connectivity index (χ3v) is 10.7. The maximum Gasteiger partial charge on any atom is 0.373 e. The first-order valence-electron chi connectivity index (χ1n) is 14.0. The first kappa shape index (κ1) is 41.7. The van der Waals surface area contributed by atoms with E-state index in [1.807, 2.05) is 74.0 Å². The summed E-state index contributed by atoms with van der Waals surface area (Å²) >= 11 is 0. The monoisotopic (exact) mass is 624 g/mol. The average molecular weight is 625 g/mol. The quantitative estimate of drug-likeness (QED) is 0.196. The summed E-state index contributed by atoms with van der Waals surface area (Å²) in [6.07, 6.45) is 2.83. The fourth-order valence-corrected chi connectivity index (χ4v) is 8.05. The maximum atomic E-state index is 12.4. The molecule has 0 saturated carbocycles. The smallest absolute Gasteiger partial charge is 0.369 e. The van der Waals surface area contributed by atoms with Gasteiger partial charge in [0.25, 0.3) is 0 Å². The average Bonchev–Trinajstić information content (AvgIpc) is 2.90. The number of rotatable bonds is 14. The molecule has 2 rings (SSSR count). The second-order valence-electron chi connectivity index (χ2n) is 11.5. The molecule has 4 atom stereocenters. The molecule has 42 heavy (non-hydrogen) atoms. The van der Waals surface area contributed by atoms with Crippen LogP contribution >= 0.6 is 14.3 Å². The normalized spacial score (nSPS) is 14.5. The second-order valence-corrected chi connectivity index (χ2v) is 17.9. The van der Waals surface area contributed by atoms with E-state index in [9.17, 15) is 9.13 Å². The number of hydrogen-bond acceptors (Lipinski definition) is 8. The molecule has 0 bridgehead atoms. The molecule has 10 heteroatoms. The Morgan fingerprint density at radius 2 is 0.833 bits per heavy atom. The van der Waals surface area contributed by atoms with Crippen molar-refractivity contribution in [2.24, 2.45) is 23.7 Å². The van der Waals surface area contributed by atoms with Crippen molar-refractivity contribution in [3.05, 3.63) is 71.8 Å². The van der Waals surface area contributed by atoms with Crippen LogP contribution in [0.2, 0.25) is 0 Å². The zero-order chi connectivity index (χ0) is 32.6. The molecule has 2 aromatic carbocycles. The lowest BCUT2D eigenvalue weighted by atomic mass is 10.0. The molecule has 0 fully saturated rings. The lowest BCUT2D eigenvalue weighted by molar-refractivity contribution is -0.193. The second kappa shape index (κ2) is 24.1. The molecular formula is C32H50O8P2. The van der Waals surface area contributed by atoms with Gasteiger partial charge in [-0.2, -0.15) is 19.2 Å². The fraction of sp³-hybridized carbons (Fsp3) is 0.562. The van der Waals surface area contributed by atoms with Crippen molar-refractivity contribution in [1.82, 2.24) is 0 Å². The van der Waals surface area contributed by atoms with Crippen molar-refractivity contribution in [3.63, 3.8) is 0 Å². The number of hydrogen-bond donors (Lipinski definition) is 0. The van der Waals surface area contributed by atoms with E-state index >= 15 is 0 Å². The van der Waals surface area contributed by atoms with E-state index in [1.54, 1.807) is 0 Å². The predicted octanol–water partition coefficient (Wildman–Crippen LogP) is 7.72. The van der Waals surface area contributed by atoms with Crippen molar-refractivity contribution >= 4 is 26.6 Å². The highest BCUT2D eigenvalue weighted by Crippen LogP contribution is 2.45. The minimum atomic E-state index is -2.16. The third kappa shape index (κ3) is 24.2. The van der Waals surface area contributed by atoms with Crippen molar-refractivity contribution in [2.75, 3.05) is 38.3 Å². The molecule has 8 nitrogen and oxygen atoms in total. The van der Waals surface area contributed by atoms with E-state index in [2.05, 4.69) is 41.5 Å². The van der Waals surface area contributed by atoms with Crippen LogP contribution in [0.25, 0.3) is 0 Å². The van der Waals surface area contributed by atoms with Crippen LogP contribution in [0.15, 0.2) is 60.7 Å². The molecule has 2 aromatic rings. The molecule has 236 valence electrons. The summed E-state index contributed by atoms with van der Waals surface area (Å²) in [6, 6.07) is 20.0. The van der Waals surface area contributed by atoms with Crippen LogP contribution in [0.1, 0.15) is 52.7 Å². The fourth-order valence-electron chi connectivity index (χ4n) is 3.61. The van der Waals surface area contributed by atoms with Crippen LogP contribution in [0.4, 0.5) is 0 Å². The molecule has 0 N–H and O–H groups in total. The summed E-state index contributed by atoms with van der Waals surface area (Å²) in [5.41, 5.74) is 2.27. The van der Waals surface area contributed by atoms with Crippen molar-refractivity contribution in [2.45, 2.75) is 54.8 Å². The SMILES string of the molecule is CC(C)[C@H](C)C[P@@](C)(=O)COCc1ccccc1.CC(C)[C@H](C)C[P@](C)(=O)COCc1ccccc1.O=C=O.O=C=O. The highest BCUT2D eigenvalue weighted by Gasteiger charge is 2.22. The lowest BCUT2D eigenvalue weighted by Gasteiger charge is -2.21. The van der Waals surface area contributed by atoms with Crippen LogP contribution in [0.5, 0.6) is 0 Å². The van der Waals surface area contributed by atoms with Crippen LogP contribution in [-0.2, 0) is 51.0 Å². The standard InChI is InChI=1S/2C15H25O2P.2CO2/c2*1-13(2)14(3)11-18(4,16)12-17-10-15-8-6-5-7-9-15;2*2-1-3/h2*5-9,13-14H,10-12H2,1-4H3;;/t14-,18+;14-,18-;;/m11../s1. The maximum absolute atomic E-state index is 12.4. The molecule has 0 amide bonds. The van der Waals surface area contributed by atoms with E-state index in [1.165, 1.54) is 0 Å². The summed E-state index contributed by atoms with van der Waals surface area (Å²) in [7, 11) is -4.32. The summed E-state index contributed by atoms with van der Waals surface area (Å²) < 4.78 is 36.0. The van der Waals surface area contributed by atoms with Gasteiger partial charge in [0, 0.05) is 12.3 Å². The van der Waals surface area contributed by atoms with E-state index in [0.717, 1.165) is 23.5 Å². The predicted molar refractivity (Wildman–Crippen MR) is 167 cm³/mol. The van der Waals surface area contributed by atoms with Gasteiger partial charge in [0.15, 0.2) is 0 Å². The number of ether oxygens (including phenoxy) is 2. The first-order chi connectivity index (χ1) is 19.6. The summed E-state index contributed by atoms with van der Waals surface area (Å²) in [6.45, 7) is 17.9. The van der Waals surface area contributed by atoms with E-state index in [4.69, 9.17) is 28.7 Å². The molecule has 0 unspecified atom stereocenters. The zero-order valence-corrected chi connectivity index (χ0v) is 28.3. The highest BCUT2D eigenvalue weighted by molar-refractivity contribution is 7.63. The van der Waals surface area contributed by atoms with E-state index < -0.39 is 14.3 Å². The Morgan fingerprint density at radius 1 is 0.571 bits per heavy atom. The Balaban J connectivity index is 0. The van der Waals surface area contributed by atoms with Crippen molar-refractivity contribution in [3.8, 4) is 0 Å². The first-order valence-corrected chi connectivity index (χ1v) is 19.0. The van der Waals surface area contributed by atoms with Gasteiger partial charge in [0.1, 0.15) is 14.3 Å². The summed E-state index contributed by atoms with van der Waals surface area (Å²) in [5, 5.41) is 0.